The molecule has 1 aromatic heterocycles. The minimum atomic E-state index is -0.155. The Balaban J connectivity index is 1.90. The summed E-state index contributed by atoms with van der Waals surface area (Å²) in [6, 6.07) is -0.159. The Morgan fingerprint density at radius 1 is 1.36 bits per heavy atom. The van der Waals surface area contributed by atoms with E-state index in [1.165, 1.54) is 0 Å². The van der Waals surface area contributed by atoms with Gasteiger partial charge in [0.25, 0.3) is 0 Å². The van der Waals surface area contributed by atoms with E-state index >= 15 is 0 Å². The summed E-state index contributed by atoms with van der Waals surface area (Å²) in [6.07, 6.45) is 3.61. The zero-order valence-electron chi connectivity index (χ0n) is 16.0. The number of carbonyl (C=O) groups excluding carboxylic acids is 2. The number of urea groups is 1. The number of aromatic nitrogens is 2. The second-order valence-electron chi connectivity index (χ2n) is 7.44. The number of nitrogens with one attached hydrogen (secondary N) is 2. The monoisotopic (exact) mass is 349 g/mol. The van der Waals surface area contributed by atoms with Gasteiger partial charge >= 0.3 is 6.03 Å². The molecule has 140 valence electrons. The smallest absolute Gasteiger partial charge is 0.317 e. The number of hydrogen-bond acceptors (Lipinski definition) is 3. The zero-order chi connectivity index (χ0) is 18.6. The molecule has 2 rings (SSSR count). The Morgan fingerprint density at radius 2 is 2.08 bits per heavy atom. The van der Waals surface area contributed by atoms with E-state index in [4.69, 9.17) is 0 Å². The highest BCUT2D eigenvalue weighted by Crippen LogP contribution is 2.20. The fourth-order valence-corrected chi connectivity index (χ4v) is 3.23. The number of nitrogens with zero attached hydrogens (tertiary/aromatic N) is 3. The number of hydrogen-bond donors (Lipinski definition) is 2. The van der Waals surface area contributed by atoms with Crippen molar-refractivity contribution in [3.8, 4) is 0 Å². The highest BCUT2D eigenvalue weighted by Gasteiger charge is 2.29. The predicted octanol–water partition coefficient (Wildman–Crippen LogP) is 1.98. The predicted molar refractivity (Wildman–Crippen MR) is 97.0 cm³/mol. The van der Waals surface area contributed by atoms with E-state index in [1.807, 2.05) is 27.1 Å². The van der Waals surface area contributed by atoms with E-state index < -0.39 is 0 Å². The van der Waals surface area contributed by atoms with E-state index in [9.17, 15) is 9.59 Å². The van der Waals surface area contributed by atoms with Gasteiger partial charge in [-0.25, -0.2) is 4.79 Å². The first-order valence-corrected chi connectivity index (χ1v) is 9.11. The largest absolute Gasteiger partial charge is 0.349 e. The van der Waals surface area contributed by atoms with Crippen LogP contribution >= 0.6 is 0 Å². The van der Waals surface area contributed by atoms with Gasteiger partial charge in [0.15, 0.2) is 0 Å². The van der Waals surface area contributed by atoms with Gasteiger partial charge in [-0.1, -0.05) is 13.8 Å². The van der Waals surface area contributed by atoms with E-state index in [0.29, 0.717) is 25.6 Å². The molecular weight excluding hydrogens is 318 g/mol. The molecule has 1 aliphatic rings. The normalized spacial score (nSPS) is 19.0. The van der Waals surface area contributed by atoms with Crippen molar-refractivity contribution in [1.29, 1.82) is 0 Å². The first-order valence-electron chi connectivity index (χ1n) is 9.11. The molecule has 1 aliphatic heterocycles. The molecule has 0 radical (unpaired) electrons. The second-order valence-corrected chi connectivity index (χ2v) is 7.44. The van der Waals surface area contributed by atoms with E-state index in [2.05, 4.69) is 29.6 Å². The zero-order valence-corrected chi connectivity index (χ0v) is 16.0. The average Bonchev–Trinajstić information content (AvgIpc) is 2.91. The van der Waals surface area contributed by atoms with E-state index in [1.54, 1.807) is 9.58 Å². The van der Waals surface area contributed by atoms with Gasteiger partial charge in [0.05, 0.1) is 17.7 Å². The Labute approximate surface area is 150 Å². The van der Waals surface area contributed by atoms with Crippen molar-refractivity contribution in [1.82, 2.24) is 25.3 Å². The number of carbonyl (C=O) groups is 2. The van der Waals surface area contributed by atoms with Gasteiger partial charge in [-0.3, -0.25) is 9.48 Å². The Hall–Kier alpha value is -2.05. The third-order valence-corrected chi connectivity index (χ3v) is 4.62. The molecule has 0 bridgehead atoms. The lowest BCUT2D eigenvalue weighted by atomic mass is 9.96. The minimum Gasteiger partial charge on any atom is -0.349 e. The lowest BCUT2D eigenvalue weighted by Crippen LogP contribution is -2.49. The van der Waals surface area contributed by atoms with Crippen LogP contribution < -0.4 is 10.6 Å². The Bertz CT molecular complexity index is 611. The highest BCUT2D eigenvalue weighted by molar-refractivity contribution is 5.81. The van der Waals surface area contributed by atoms with Crippen molar-refractivity contribution < 1.29 is 9.59 Å². The summed E-state index contributed by atoms with van der Waals surface area (Å²) in [6.45, 7) is 9.89. The molecule has 0 saturated carbocycles. The quantitative estimate of drug-likeness (QED) is 0.853. The average molecular weight is 349 g/mol. The van der Waals surface area contributed by atoms with Gasteiger partial charge in [-0.05, 0) is 32.6 Å². The van der Waals surface area contributed by atoms with Gasteiger partial charge in [0.1, 0.15) is 0 Å². The molecular formula is C18H31N5O2. The fourth-order valence-electron chi connectivity index (χ4n) is 3.23. The summed E-state index contributed by atoms with van der Waals surface area (Å²) in [5.74, 6) is 0.270. The van der Waals surface area contributed by atoms with Crippen LogP contribution in [-0.2, 0) is 11.8 Å². The summed E-state index contributed by atoms with van der Waals surface area (Å²) >= 11 is 0. The van der Waals surface area contributed by atoms with Crippen molar-refractivity contribution in [2.24, 2.45) is 18.9 Å². The standard InChI is InChI=1S/C18H31N5O2/c1-12(2)9-19-18(25)23-8-6-7-15(10-23)17(24)20-13(3)16-11-22(5)21-14(16)4/h11-13,15H,6-10H2,1-5H3,(H,19,25)(H,20,24)/t13-,15-/m1/s1. The van der Waals surface area contributed by atoms with Gasteiger partial charge < -0.3 is 15.5 Å². The third kappa shape index (κ3) is 5.21. The molecule has 0 spiro atoms. The summed E-state index contributed by atoms with van der Waals surface area (Å²) in [5, 5.41) is 10.3. The highest BCUT2D eigenvalue weighted by atomic mass is 16.2. The Kier molecular flexibility index (Phi) is 6.45. The fraction of sp³-hybridized carbons (Fsp3) is 0.722. The number of piperidine rings is 1. The summed E-state index contributed by atoms with van der Waals surface area (Å²) < 4.78 is 1.76. The number of amides is 3. The molecule has 3 amide bonds. The van der Waals surface area contributed by atoms with Gasteiger partial charge in [0.2, 0.25) is 5.91 Å². The van der Waals surface area contributed by atoms with Crippen LogP contribution in [0.15, 0.2) is 6.20 Å². The maximum Gasteiger partial charge on any atom is 0.317 e. The molecule has 7 nitrogen and oxygen atoms in total. The first kappa shape index (κ1) is 19.3. The first-order chi connectivity index (χ1) is 11.8. The molecule has 1 saturated heterocycles. The van der Waals surface area contributed by atoms with E-state index in [-0.39, 0.29) is 23.9 Å². The van der Waals surface area contributed by atoms with Crippen LogP contribution in [0.5, 0.6) is 0 Å². The summed E-state index contributed by atoms with van der Waals surface area (Å²) in [7, 11) is 1.87. The molecule has 25 heavy (non-hydrogen) atoms. The van der Waals surface area contributed by atoms with Crippen LogP contribution in [0, 0.1) is 18.8 Å². The molecule has 2 N–H and O–H groups in total. The van der Waals surface area contributed by atoms with Gasteiger partial charge in [-0.15, -0.1) is 0 Å². The number of likely N-dealkylation sites (tertiary alicyclic amines) is 1. The number of rotatable bonds is 5. The molecule has 0 unspecified atom stereocenters. The van der Waals surface area contributed by atoms with E-state index in [0.717, 1.165) is 24.1 Å². The van der Waals surface area contributed by atoms with Crippen LogP contribution in [-0.4, -0.2) is 46.3 Å². The lowest BCUT2D eigenvalue weighted by molar-refractivity contribution is -0.126. The molecule has 1 aromatic rings. The molecule has 2 heterocycles. The van der Waals surface area contributed by atoms with Crippen molar-refractivity contribution >= 4 is 11.9 Å². The third-order valence-electron chi connectivity index (χ3n) is 4.62. The molecule has 7 heteroatoms. The number of aryl methyl sites for hydroxylation is 2. The van der Waals surface area contributed by atoms with Crippen LogP contribution in [0.2, 0.25) is 0 Å². The Morgan fingerprint density at radius 3 is 2.68 bits per heavy atom. The van der Waals surface area contributed by atoms with Crippen LogP contribution in [0.1, 0.15) is 50.9 Å². The summed E-state index contributed by atoms with van der Waals surface area (Å²) in [5.41, 5.74) is 1.95. The molecule has 0 aliphatic carbocycles. The lowest BCUT2D eigenvalue weighted by Gasteiger charge is -2.32. The minimum absolute atomic E-state index is 0.0112. The van der Waals surface area contributed by atoms with Crippen molar-refractivity contribution in [3.63, 3.8) is 0 Å². The maximum absolute atomic E-state index is 12.6. The molecule has 1 fully saturated rings. The van der Waals surface area contributed by atoms with Crippen LogP contribution in [0.4, 0.5) is 4.79 Å². The molecule has 2 atom stereocenters. The maximum atomic E-state index is 12.6. The van der Waals surface area contributed by atoms with Gasteiger partial charge in [-0.2, -0.15) is 5.10 Å². The topological polar surface area (TPSA) is 79.3 Å². The summed E-state index contributed by atoms with van der Waals surface area (Å²) in [4.78, 5) is 26.6. The van der Waals surface area contributed by atoms with Crippen LogP contribution in [0.3, 0.4) is 0 Å². The SMILES string of the molecule is Cc1nn(C)cc1[C@@H](C)NC(=O)[C@@H]1CCCN(C(=O)NCC(C)C)C1. The van der Waals surface area contributed by atoms with Crippen molar-refractivity contribution in [3.05, 3.63) is 17.5 Å². The van der Waals surface area contributed by atoms with Crippen molar-refractivity contribution in [2.75, 3.05) is 19.6 Å². The van der Waals surface area contributed by atoms with Crippen LogP contribution in [0.25, 0.3) is 0 Å². The van der Waals surface area contributed by atoms with Crippen molar-refractivity contribution in [2.45, 2.75) is 46.6 Å². The molecule has 0 aromatic carbocycles. The van der Waals surface area contributed by atoms with Gasteiger partial charge in [0, 0.05) is 38.4 Å². The second kappa shape index (κ2) is 8.36.